The van der Waals surface area contributed by atoms with Crippen LogP contribution in [0, 0.1) is 11.3 Å². The van der Waals surface area contributed by atoms with Crippen molar-refractivity contribution in [1.29, 1.82) is 0 Å². The lowest BCUT2D eigenvalue weighted by molar-refractivity contribution is -0.0187. The second-order valence-electron chi connectivity index (χ2n) is 5.79. The Bertz CT molecular complexity index is 417. The third-order valence-corrected chi connectivity index (χ3v) is 5.36. The van der Waals surface area contributed by atoms with E-state index >= 15 is 0 Å². The Kier molecular flexibility index (Phi) is 4.18. The summed E-state index contributed by atoms with van der Waals surface area (Å²) in [4.78, 5) is 0. The molecule has 0 amide bonds. The lowest BCUT2D eigenvalue weighted by Crippen LogP contribution is -2.62. The number of halogens is 1. The molecule has 4 unspecified atom stereocenters. The van der Waals surface area contributed by atoms with Gasteiger partial charge in [-0.1, -0.05) is 55.8 Å². The number of rotatable bonds is 4. The molecule has 0 spiro atoms. The number of benzene rings is 1. The van der Waals surface area contributed by atoms with E-state index in [2.05, 4.69) is 73.2 Å². The summed E-state index contributed by atoms with van der Waals surface area (Å²) in [6, 6.07) is 9.48. The van der Waals surface area contributed by atoms with E-state index in [9.17, 15) is 0 Å². The summed E-state index contributed by atoms with van der Waals surface area (Å²) in [6.07, 6.45) is 1.23. The van der Waals surface area contributed by atoms with Crippen LogP contribution in [0.15, 0.2) is 28.7 Å². The van der Waals surface area contributed by atoms with Gasteiger partial charge in [0.1, 0.15) is 0 Å². The number of hydrogen-bond donors (Lipinski definition) is 1. The molecule has 2 heteroatoms. The van der Waals surface area contributed by atoms with Gasteiger partial charge in [0.05, 0.1) is 0 Å². The molecule has 0 bridgehead atoms. The fraction of sp³-hybridized carbons (Fsp3) is 0.625. The molecule has 1 fully saturated rings. The fourth-order valence-corrected chi connectivity index (χ4v) is 4.35. The van der Waals surface area contributed by atoms with Crippen LogP contribution in [-0.2, 0) is 0 Å². The lowest BCUT2D eigenvalue weighted by Gasteiger charge is -2.60. The van der Waals surface area contributed by atoms with Crippen LogP contribution in [-0.4, -0.2) is 12.6 Å². The Morgan fingerprint density at radius 3 is 2.61 bits per heavy atom. The summed E-state index contributed by atoms with van der Waals surface area (Å²) in [5, 5.41) is 3.68. The topological polar surface area (TPSA) is 12.0 Å². The van der Waals surface area contributed by atoms with Gasteiger partial charge in [0.25, 0.3) is 0 Å². The number of hydrogen-bond acceptors (Lipinski definition) is 1. The standard InChI is InChI=1S/C16H24BrN/c1-5-16(4)14(11(3)15(16)18-6-2)12-8-7-9-13(17)10-12/h7-11,14-15,18H,5-6H2,1-4H3. The van der Waals surface area contributed by atoms with E-state index in [1.54, 1.807) is 0 Å². The Balaban J connectivity index is 2.28. The van der Waals surface area contributed by atoms with E-state index in [1.807, 2.05) is 0 Å². The van der Waals surface area contributed by atoms with Gasteiger partial charge in [0.15, 0.2) is 0 Å². The minimum atomic E-state index is 0.385. The van der Waals surface area contributed by atoms with Gasteiger partial charge in [-0.2, -0.15) is 0 Å². The second kappa shape index (κ2) is 5.34. The SMILES string of the molecule is CCNC1C(C)C(c2cccc(Br)c2)C1(C)CC. The van der Waals surface area contributed by atoms with Crippen LogP contribution in [0.25, 0.3) is 0 Å². The highest BCUT2D eigenvalue weighted by molar-refractivity contribution is 9.10. The van der Waals surface area contributed by atoms with Gasteiger partial charge < -0.3 is 5.32 Å². The van der Waals surface area contributed by atoms with Gasteiger partial charge in [-0.05, 0) is 47.9 Å². The zero-order valence-corrected chi connectivity index (χ0v) is 13.4. The molecule has 1 saturated carbocycles. The van der Waals surface area contributed by atoms with Gasteiger partial charge >= 0.3 is 0 Å². The molecule has 1 aliphatic carbocycles. The fourth-order valence-electron chi connectivity index (χ4n) is 3.93. The van der Waals surface area contributed by atoms with Crippen molar-refractivity contribution in [1.82, 2.24) is 5.32 Å². The van der Waals surface area contributed by atoms with E-state index < -0.39 is 0 Å². The summed E-state index contributed by atoms with van der Waals surface area (Å²) in [6.45, 7) is 10.4. The van der Waals surface area contributed by atoms with Crippen molar-refractivity contribution < 1.29 is 0 Å². The minimum Gasteiger partial charge on any atom is -0.313 e. The van der Waals surface area contributed by atoms with Gasteiger partial charge in [-0.15, -0.1) is 0 Å². The summed E-state index contributed by atoms with van der Waals surface area (Å²) in [5.74, 6) is 1.38. The molecule has 0 aromatic heterocycles. The van der Waals surface area contributed by atoms with Gasteiger partial charge in [0, 0.05) is 10.5 Å². The van der Waals surface area contributed by atoms with Crippen LogP contribution in [0.4, 0.5) is 0 Å². The summed E-state index contributed by atoms with van der Waals surface area (Å²) >= 11 is 3.59. The first-order valence-corrected chi connectivity index (χ1v) is 7.82. The highest BCUT2D eigenvalue weighted by Crippen LogP contribution is 2.58. The smallest absolute Gasteiger partial charge is 0.0178 e. The van der Waals surface area contributed by atoms with Crippen LogP contribution < -0.4 is 5.32 Å². The third-order valence-electron chi connectivity index (χ3n) is 4.87. The molecule has 2 rings (SSSR count). The molecule has 1 aromatic carbocycles. The second-order valence-corrected chi connectivity index (χ2v) is 6.70. The molecule has 0 aliphatic heterocycles. The largest absolute Gasteiger partial charge is 0.313 e. The maximum atomic E-state index is 3.68. The molecule has 0 radical (unpaired) electrons. The van der Waals surface area contributed by atoms with Gasteiger partial charge in [-0.25, -0.2) is 0 Å². The monoisotopic (exact) mass is 309 g/mol. The van der Waals surface area contributed by atoms with Crippen LogP contribution in [0.5, 0.6) is 0 Å². The first-order chi connectivity index (χ1) is 8.54. The van der Waals surface area contributed by atoms with Crippen molar-refractivity contribution in [3.05, 3.63) is 34.3 Å². The molecule has 0 heterocycles. The number of nitrogens with one attached hydrogen (secondary N) is 1. The van der Waals surface area contributed by atoms with E-state index in [1.165, 1.54) is 16.5 Å². The molecule has 0 saturated heterocycles. The van der Waals surface area contributed by atoms with Crippen molar-refractivity contribution in [2.24, 2.45) is 11.3 Å². The molecule has 1 N–H and O–H groups in total. The summed E-state index contributed by atoms with van der Waals surface area (Å²) < 4.78 is 1.19. The normalized spacial score (nSPS) is 35.3. The Hall–Kier alpha value is -0.340. The highest BCUT2D eigenvalue weighted by Gasteiger charge is 2.55. The van der Waals surface area contributed by atoms with Gasteiger partial charge in [-0.3, -0.25) is 0 Å². The average Bonchev–Trinajstić information content (AvgIpc) is 2.36. The van der Waals surface area contributed by atoms with E-state index in [-0.39, 0.29) is 0 Å². The van der Waals surface area contributed by atoms with Crippen molar-refractivity contribution in [2.45, 2.75) is 46.1 Å². The average molecular weight is 310 g/mol. The maximum absolute atomic E-state index is 3.68. The minimum absolute atomic E-state index is 0.385. The van der Waals surface area contributed by atoms with E-state index in [0.29, 0.717) is 23.3 Å². The van der Waals surface area contributed by atoms with Crippen molar-refractivity contribution >= 4 is 15.9 Å². The van der Waals surface area contributed by atoms with Crippen molar-refractivity contribution in [3.63, 3.8) is 0 Å². The molecule has 1 nitrogen and oxygen atoms in total. The van der Waals surface area contributed by atoms with Crippen molar-refractivity contribution in [3.8, 4) is 0 Å². The Morgan fingerprint density at radius 2 is 2.06 bits per heavy atom. The van der Waals surface area contributed by atoms with Crippen molar-refractivity contribution in [2.75, 3.05) is 6.54 Å². The molecular weight excluding hydrogens is 286 g/mol. The maximum Gasteiger partial charge on any atom is 0.0178 e. The summed E-state index contributed by atoms with van der Waals surface area (Å²) in [7, 11) is 0. The molecule has 1 aromatic rings. The van der Waals surface area contributed by atoms with Crippen LogP contribution in [0.3, 0.4) is 0 Å². The van der Waals surface area contributed by atoms with E-state index in [0.717, 1.165) is 6.54 Å². The van der Waals surface area contributed by atoms with Crippen LogP contribution in [0.2, 0.25) is 0 Å². The Labute approximate surface area is 119 Å². The van der Waals surface area contributed by atoms with E-state index in [4.69, 9.17) is 0 Å². The third kappa shape index (κ3) is 2.14. The first-order valence-electron chi connectivity index (χ1n) is 7.03. The molecule has 18 heavy (non-hydrogen) atoms. The molecule has 4 atom stereocenters. The molecule has 1 aliphatic rings. The summed E-state index contributed by atoms with van der Waals surface area (Å²) in [5.41, 5.74) is 1.87. The lowest BCUT2D eigenvalue weighted by atomic mass is 9.48. The predicted octanol–water partition coefficient (Wildman–Crippen LogP) is 4.58. The van der Waals surface area contributed by atoms with Gasteiger partial charge in [0.2, 0.25) is 0 Å². The quantitative estimate of drug-likeness (QED) is 0.858. The predicted molar refractivity (Wildman–Crippen MR) is 81.9 cm³/mol. The zero-order chi connectivity index (χ0) is 13.3. The first kappa shape index (κ1) is 14.1. The van der Waals surface area contributed by atoms with Crippen LogP contribution in [0.1, 0.15) is 45.6 Å². The zero-order valence-electron chi connectivity index (χ0n) is 11.8. The molecule has 100 valence electrons. The van der Waals surface area contributed by atoms with Crippen LogP contribution >= 0.6 is 15.9 Å². The highest BCUT2D eigenvalue weighted by atomic mass is 79.9. The molecular formula is C16H24BrN. The Morgan fingerprint density at radius 1 is 1.33 bits per heavy atom.